The zero-order valence-electron chi connectivity index (χ0n) is 17.8. The second-order valence-corrected chi connectivity index (χ2v) is 8.62. The average Bonchev–Trinajstić information content (AvgIpc) is 3.14. The lowest BCUT2D eigenvalue weighted by Gasteiger charge is -2.32. The summed E-state index contributed by atoms with van der Waals surface area (Å²) in [5, 5.41) is 2.27. The molecule has 3 aliphatic rings. The van der Waals surface area contributed by atoms with Gasteiger partial charge in [-0.2, -0.15) is 0 Å². The van der Waals surface area contributed by atoms with Crippen LogP contribution in [0.5, 0.6) is 0 Å². The Balaban J connectivity index is 1.29. The maximum absolute atomic E-state index is 15.0. The highest BCUT2D eigenvalue weighted by atomic mass is 19.1. The van der Waals surface area contributed by atoms with Crippen LogP contribution in [-0.4, -0.2) is 62.5 Å². The van der Waals surface area contributed by atoms with Gasteiger partial charge in [-0.05, 0) is 42.4 Å². The number of amides is 4. The molecule has 0 bridgehead atoms. The van der Waals surface area contributed by atoms with E-state index in [2.05, 4.69) is 15.3 Å². The van der Waals surface area contributed by atoms with E-state index in [1.165, 1.54) is 29.7 Å². The van der Waals surface area contributed by atoms with Gasteiger partial charge in [0.2, 0.25) is 11.8 Å². The van der Waals surface area contributed by atoms with E-state index >= 15 is 4.39 Å². The van der Waals surface area contributed by atoms with Crippen molar-refractivity contribution in [1.29, 1.82) is 0 Å². The summed E-state index contributed by atoms with van der Waals surface area (Å²) < 4.78 is 15.0. The number of nitrogens with zero attached hydrogens (tertiary/aromatic N) is 4. The molecule has 170 valence electrons. The minimum atomic E-state index is -0.731. The average molecular weight is 451 g/mol. The summed E-state index contributed by atoms with van der Waals surface area (Å²) in [4.78, 5) is 60.0. The SMILES string of the molecule is O=C1CCC(N2Cc3cc(C4CCN(C(=O)c5cncnc5)CC4)c(F)cc3C2=O)C(=O)N1. The maximum atomic E-state index is 15.0. The Morgan fingerprint density at radius 1 is 1.06 bits per heavy atom. The number of piperidine rings is 2. The van der Waals surface area contributed by atoms with Crippen molar-refractivity contribution in [2.75, 3.05) is 13.1 Å². The molecule has 3 aliphatic heterocycles. The molecule has 4 amide bonds. The van der Waals surface area contributed by atoms with Crippen LogP contribution in [0, 0.1) is 5.82 Å². The van der Waals surface area contributed by atoms with E-state index in [-0.39, 0.29) is 42.7 Å². The van der Waals surface area contributed by atoms with Gasteiger partial charge in [-0.1, -0.05) is 6.07 Å². The molecular weight excluding hydrogens is 429 g/mol. The van der Waals surface area contributed by atoms with Gasteiger partial charge in [0.1, 0.15) is 18.2 Å². The van der Waals surface area contributed by atoms with Gasteiger partial charge in [-0.15, -0.1) is 0 Å². The molecule has 0 spiro atoms. The van der Waals surface area contributed by atoms with Gasteiger partial charge in [0, 0.05) is 44.0 Å². The highest BCUT2D eigenvalue weighted by Gasteiger charge is 2.40. The van der Waals surface area contributed by atoms with E-state index in [0.717, 1.165) is 0 Å². The summed E-state index contributed by atoms with van der Waals surface area (Å²) in [6.45, 7) is 1.17. The number of carbonyl (C=O) groups excluding carboxylic acids is 4. The smallest absolute Gasteiger partial charge is 0.256 e. The zero-order valence-corrected chi connectivity index (χ0v) is 17.8. The molecule has 0 saturated carbocycles. The third-order valence-corrected chi connectivity index (χ3v) is 6.67. The Kier molecular flexibility index (Phi) is 5.35. The molecule has 0 radical (unpaired) electrons. The van der Waals surface area contributed by atoms with Crippen molar-refractivity contribution in [2.24, 2.45) is 0 Å². The van der Waals surface area contributed by atoms with Crippen LogP contribution in [-0.2, 0) is 16.1 Å². The molecule has 4 heterocycles. The normalized spacial score (nSPS) is 21.2. The molecule has 9 nitrogen and oxygen atoms in total. The Morgan fingerprint density at radius 3 is 2.48 bits per heavy atom. The molecule has 1 aromatic heterocycles. The number of rotatable bonds is 3. The fourth-order valence-corrected chi connectivity index (χ4v) is 4.91. The van der Waals surface area contributed by atoms with E-state index in [0.29, 0.717) is 42.6 Å². The lowest BCUT2D eigenvalue weighted by Crippen LogP contribution is -2.52. The molecule has 33 heavy (non-hydrogen) atoms. The Labute approximate surface area is 189 Å². The van der Waals surface area contributed by atoms with E-state index in [1.54, 1.807) is 11.0 Å². The lowest BCUT2D eigenvalue weighted by molar-refractivity contribution is -0.136. The van der Waals surface area contributed by atoms with Crippen molar-refractivity contribution in [3.05, 3.63) is 58.9 Å². The summed E-state index contributed by atoms with van der Waals surface area (Å²) in [7, 11) is 0. The fraction of sp³-hybridized carbons (Fsp3) is 0.391. The Bertz CT molecular complexity index is 1150. The number of imide groups is 1. The van der Waals surface area contributed by atoms with Crippen LogP contribution in [0.15, 0.2) is 30.9 Å². The summed E-state index contributed by atoms with van der Waals surface area (Å²) in [5.74, 6) is -1.91. The molecule has 1 aromatic carbocycles. The number of aromatic nitrogens is 2. The van der Waals surface area contributed by atoms with E-state index in [4.69, 9.17) is 0 Å². The van der Waals surface area contributed by atoms with Gasteiger partial charge in [-0.3, -0.25) is 24.5 Å². The first-order chi connectivity index (χ1) is 15.9. The number of hydrogen-bond donors (Lipinski definition) is 1. The van der Waals surface area contributed by atoms with E-state index in [9.17, 15) is 19.2 Å². The molecule has 1 unspecified atom stereocenters. The first kappa shape index (κ1) is 21.2. The van der Waals surface area contributed by atoms with Gasteiger partial charge >= 0.3 is 0 Å². The molecule has 1 N–H and O–H groups in total. The van der Waals surface area contributed by atoms with Crippen LogP contribution in [0.3, 0.4) is 0 Å². The molecular formula is C23H22FN5O4. The highest BCUT2D eigenvalue weighted by molar-refractivity contribution is 6.05. The molecule has 2 fully saturated rings. The first-order valence-electron chi connectivity index (χ1n) is 10.9. The second kappa shape index (κ2) is 8.34. The third-order valence-electron chi connectivity index (χ3n) is 6.67. The van der Waals surface area contributed by atoms with Crippen LogP contribution in [0.4, 0.5) is 4.39 Å². The van der Waals surface area contributed by atoms with Gasteiger partial charge in [0.15, 0.2) is 0 Å². The lowest BCUT2D eigenvalue weighted by atomic mass is 9.87. The standard InChI is InChI=1S/C23H22FN5O4/c24-18-8-17-14(11-29(23(17)33)19-1-2-20(30)27-21(19)31)7-16(18)13-3-5-28(6-4-13)22(32)15-9-25-12-26-10-15/h7-10,12-13,19H,1-6,11H2,(H,27,30,31). The quantitative estimate of drug-likeness (QED) is 0.706. The predicted molar refractivity (Wildman–Crippen MR) is 112 cm³/mol. The van der Waals surface area contributed by atoms with Gasteiger partial charge < -0.3 is 9.80 Å². The number of likely N-dealkylation sites (tertiary alicyclic amines) is 1. The van der Waals surface area contributed by atoms with E-state index in [1.807, 2.05) is 0 Å². The van der Waals surface area contributed by atoms with Crippen LogP contribution in [0.2, 0.25) is 0 Å². The number of halogens is 1. The summed E-state index contributed by atoms with van der Waals surface area (Å²) >= 11 is 0. The largest absolute Gasteiger partial charge is 0.339 e. The summed E-state index contributed by atoms with van der Waals surface area (Å²) in [6, 6.07) is 2.25. The van der Waals surface area contributed by atoms with Gasteiger partial charge in [0.25, 0.3) is 11.8 Å². The van der Waals surface area contributed by atoms with E-state index < -0.39 is 23.7 Å². The summed E-state index contributed by atoms with van der Waals surface area (Å²) in [5.41, 5.74) is 1.90. The highest BCUT2D eigenvalue weighted by Crippen LogP contribution is 2.35. The number of fused-ring (bicyclic) bond motifs is 1. The summed E-state index contributed by atoms with van der Waals surface area (Å²) in [6.07, 6.45) is 5.95. The minimum absolute atomic E-state index is 0.0777. The molecule has 1 atom stereocenters. The van der Waals surface area contributed by atoms with Crippen LogP contribution in [0.25, 0.3) is 0 Å². The Hall–Kier alpha value is -3.69. The van der Waals surface area contributed by atoms with Crippen molar-refractivity contribution >= 4 is 23.6 Å². The van der Waals surface area contributed by atoms with Crippen LogP contribution < -0.4 is 5.32 Å². The molecule has 2 aromatic rings. The maximum Gasteiger partial charge on any atom is 0.256 e. The zero-order chi connectivity index (χ0) is 23.1. The predicted octanol–water partition coefficient (Wildman–Crippen LogP) is 1.40. The number of carbonyl (C=O) groups is 4. The van der Waals surface area contributed by atoms with Gasteiger partial charge in [-0.25, -0.2) is 14.4 Å². The third kappa shape index (κ3) is 3.85. The molecule has 0 aliphatic carbocycles. The second-order valence-electron chi connectivity index (χ2n) is 8.62. The molecule has 2 saturated heterocycles. The Morgan fingerprint density at radius 2 is 1.79 bits per heavy atom. The first-order valence-corrected chi connectivity index (χ1v) is 10.9. The topological polar surface area (TPSA) is 113 Å². The van der Waals surface area contributed by atoms with Crippen molar-refractivity contribution < 1.29 is 23.6 Å². The number of hydrogen-bond acceptors (Lipinski definition) is 6. The van der Waals surface area contributed by atoms with Crippen LogP contribution in [0.1, 0.15) is 63.4 Å². The van der Waals surface area contributed by atoms with Crippen molar-refractivity contribution in [2.45, 2.75) is 44.2 Å². The number of nitrogens with one attached hydrogen (secondary N) is 1. The number of benzene rings is 1. The monoisotopic (exact) mass is 451 g/mol. The van der Waals surface area contributed by atoms with Crippen molar-refractivity contribution in [3.63, 3.8) is 0 Å². The minimum Gasteiger partial charge on any atom is -0.339 e. The van der Waals surface area contributed by atoms with Crippen molar-refractivity contribution in [3.8, 4) is 0 Å². The molecule has 5 rings (SSSR count). The van der Waals surface area contributed by atoms with Crippen LogP contribution >= 0.6 is 0 Å². The fourth-order valence-electron chi connectivity index (χ4n) is 4.91. The van der Waals surface area contributed by atoms with Crippen molar-refractivity contribution in [1.82, 2.24) is 25.1 Å². The molecule has 10 heteroatoms. The van der Waals surface area contributed by atoms with Gasteiger partial charge in [0.05, 0.1) is 5.56 Å².